The lowest BCUT2D eigenvalue weighted by Gasteiger charge is -2.33. The van der Waals surface area contributed by atoms with Gasteiger partial charge >= 0.3 is 5.97 Å². The van der Waals surface area contributed by atoms with Crippen molar-refractivity contribution in [2.45, 2.75) is 38.7 Å². The Bertz CT molecular complexity index is 989. The fourth-order valence-electron chi connectivity index (χ4n) is 3.08. The van der Waals surface area contributed by atoms with E-state index in [4.69, 9.17) is 16.3 Å². The number of carbonyl (C=O) groups is 2. The van der Waals surface area contributed by atoms with E-state index in [-0.39, 0.29) is 28.7 Å². The largest absolute Gasteiger partial charge is 0.445 e. The number of carbonyl (C=O) groups excluding carboxylic acids is 2. The van der Waals surface area contributed by atoms with Gasteiger partial charge in [-0.15, -0.1) is 0 Å². The third-order valence-electron chi connectivity index (χ3n) is 4.75. The van der Waals surface area contributed by atoms with Gasteiger partial charge in [0.1, 0.15) is 0 Å². The summed E-state index contributed by atoms with van der Waals surface area (Å²) in [5.41, 5.74) is 0.849. The molecule has 0 saturated carbocycles. The average molecular weight is 403 g/mol. The number of fused-ring (bicyclic) bond motifs is 1. The van der Waals surface area contributed by atoms with Crippen LogP contribution in [0.15, 0.2) is 36.4 Å². The topological polar surface area (TPSA) is 98.5 Å². The molecule has 0 aliphatic carbocycles. The molecule has 0 fully saturated rings. The normalized spacial score (nSPS) is 18.4. The summed E-state index contributed by atoms with van der Waals surface area (Å²) in [5.74, 6) is -0.844. The minimum absolute atomic E-state index is 0.0239. The fourth-order valence-corrected chi connectivity index (χ4v) is 3.30. The first-order valence-electron chi connectivity index (χ1n) is 8.72. The molecule has 2 aromatic rings. The van der Waals surface area contributed by atoms with E-state index in [1.54, 1.807) is 6.07 Å². The van der Waals surface area contributed by atoms with E-state index >= 15 is 0 Å². The summed E-state index contributed by atoms with van der Waals surface area (Å²) in [6.07, 6.45) is 0.213. The van der Waals surface area contributed by atoms with Crippen molar-refractivity contribution in [2.24, 2.45) is 0 Å². The summed E-state index contributed by atoms with van der Waals surface area (Å²) in [6, 6.07) is 9.25. The Morgan fingerprint density at radius 2 is 2.00 bits per heavy atom. The fraction of sp³-hybridized carbons (Fsp3) is 0.300. The van der Waals surface area contributed by atoms with Crippen LogP contribution in [0.2, 0.25) is 5.02 Å². The molecule has 1 amide bonds. The number of rotatable bonds is 4. The van der Waals surface area contributed by atoms with Crippen molar-refractivity contribution in [3.8, 4) is 0 Å². The molecule has 1 unspecified atom stereocenters. The molecule has 28 heavy (non-hydrogen) atoms. The lowest BCUT2D eigenvalue weighted by atomic mass is 9.86. The second-order valence-corrected chi connectivity index (χ2v) is 7.65. The SMILES string of the molecule is CC(C)c1ccc2c(c1)CC(C)(C(=O)Nc1ccc([N+](=O)[O-])cc1Cl)OC2=O. The Hall–Kier alpha value is -2.93. The number of hydrogen-bond acceptors (Lipinski definition) is 5. The van der Waals surface area contributed by atoms with Crippen molar-refractivity contribution < 1.29 is 19.2 Å². The molecular formula is C20H19ClN2O5. The summed E-state index contributed by atoms with van der Waals surface area (Å²) in [6.45, 7) is 5.63. The van der Waals surface area contributed by atoms with Crippen molar-refractivity contribution in [3.05, 3.63) is 68.2 Å². The number of ether oxygens (including phenoxy) is 1. The van der Waals surface area contributed by atoms with Crippen molar-refractivity contribution in [1.29, 1.82) is 0 Å². The summed E-state index contributed by atoms with van der Waals surface area (Å²) < 4.78 is 5.43. The zero-order chi connectivity index (χ0) is 20.6. The zero-order valence-electron chi connectivity index (χ0n) is 15.6. The van der Waals surface area contributed by atoms with E-state index in [9.17, 15) is 19.7 Å². The minimum atomic E-state index is -1.43. The van der Waals surface area contributed by atoms with Gasteiger partial charge in [-0.1, -0.05) is 37.6 Å². The van der Waals surface area contributed by atoms with Crippen molar-refractivity contribution in [1.82, 2.24) is 0 Å². The predicted octanol–water partition coefficient (Wildman–Crippen LogP) is 4.48. The van der Waals surface area contributed by atoms with Gasteiger partial charge in [0.2, 0.25) is 0 Å². The number of amides is 1. The zero-order valence-corrected chi connectivity index (χ0v) is 16.4. The van der Waals surface area contributed by atoms with Crippen LogP contribution in [0.1, 0.15) is 48.2 Å². The number of cyclic esters (lactones) is 1. The second kappa shape index (κ2) is 7.24. The molecule has 3 rings (SSSR count). The first kappa shape index (κ1) is 19.8. The van der Waals surface area contributed by atoms with Gasteiger partial charge in [-0.25, -0.2) is 4.79 Å². The molecule has 1 atom stereocenters. The van der Waals surface area contributed by atoms with Crippen LogP contribution in [-0.4, -0.2) is 22.4 Å². The highest BCUT2D eigenvalue weighted by atomic mass is 35.5. The number of nitrogens with one attached hydrogen (secondary N) is 1. The van der Waals surface area contributed by atoms with Crippen LogP contribution in [0.4, 0.5) is 11.4 Å². The molecule has 0 spiro atoms. The van der Waals surface area contributed by atoms with E-state index in [1.807, 2.05) is 26.0 Å². The molecule has 7 nitrogen and oxygen atoms in total. The maximum Gasteiger partial charge on any atom is 0.339 e. The molecule has 1 aliphatic heterocycles. The summed E-state index contributed by atoms with van der Waals surface area (Å²) in [4.78, 5) is 35.5. The third-order valence-corrected chi connectivity index (χ3v) is 5.07. The van der Waals surface area contributed by atoms with Crippen LogP contribution in [0.3, 0.4) is 0 Å². The molecule has 1 N–H and O–H groups in total. The Kier molecular flexibility index (Phi) is 5.12. The highest BCUT2D eigenvalue weighted by molar-refractivity contribution is 6.34. The molecule has 0 radical (unpaired) electrons. The number of nitrogens with zero attached hydrogens (tertiary/aromatic N) is 1. The Balaban J connectivity index is 1.87. The van der Waals surface area contributed by atoms with Crippen molar-refractivity contribution in [3.63, 3.8) is 0 Å². The number of non-ortho nitro benzene ring substituents is 1. The minimum Gasteiger partial charge on any atom is -0.445 e. The molecule has 0 saturated heterocycles. The van der Waals surface area contributed by atoms with Gasteiger partial charge in [0.15, 0.2) is 5.60 Å². The Labute approximate surface area is 166 Å². The van der Waals surface area contributed by atoms with E-state index in [0.717, 1.165) is 17.2 Å². The molecule has 8 heteroatoms. The maximum absolute atomic E-state index is 12.9. The Morgan fingerprint density at radius 1 is 1.29 bits per heavy atom. The smallest absolute Gasteiger partial charge is 0.339 e. The van der Waals surface area contributed by atoms with Crippen LogP contribution in [0, 0.1) is 10.1 Å². The number of nitro groups is 1. The summed E-state index contributed by atoms with van der Waals surface area (Å²) >= 11 is 6.04. The van der Waals surface area contributed by atoms with Gasteiger partial charge in [0.25, 0.3) is 11.6 Å². The van der Waals surface area contributed by atoms with Gasteiger partial charge in [-0.3, -0.25) is 14.9 Å². The number of nitro benzene ring substituents is 1. The maximum atomic E-state index is 12.9. The molecule has 146 valence electrons. The second-order valence-electron chi connectivity index (χ2n) is 7.24. The molecule has 1 heterocycles. The lowest BCUT2D eigenvalue weighted by Crippen LogP contribution is -2.49. The first-order chi connectivity index (χ1) is 13.1. The molecule has 2 aromatic carbocycles. The molecule has 0 bridgehead atoms. The summed E-state index contributed by atoms with van der Waals surface area (Å²) in [7, 11) is 0. The van der Waals surface area contributed by atoms with Gasteiger partial charge in [-0.05, 0) is 36.1 Å². The summed E-state index contributed by atoms with van der Waals surface area (Å²) in [5, 5.41) is 13.4. The average Bonchev–Trinajstić information content (AvgIpc) is 2.62. The number of anilines is 1. The molecule has 1 aliphatic rings. The molecule has 0 aromatic heterocycles. The van der Waals surface area contributed by atoms with Gasteiger partial charge in [0, 0.05) is 18.6 Å². The highest BCUT2D eigenvalue weighted by Crippen LogP contribution is 2.33. The predicted molar refractivity (Wildman–Crippen MR) is 105 cm³/mol. The number of benzene rings is 2. The van der Waals surface area contributed by atoms with Crippen molar-refractivity contribution >= 4 is 34.9 Å². The van der Waals surface area contributed by atoms with Gasteiger partial charge in [-0.2, -0.15) is 0 Å². The Morgan fingerprint density at radius 3 is 2.61 bits per heavy atom. The van der Waals surface area contributed by atoms with Gasteiger partial charge < -0.3 is 10.1 Å². The number of esters is 1. The monoisotopic (exact) mass is 402 g/mol. The van der Waals surface area contributed by atoms with E-state index in [0.29, 0.717) is 5.56 Å². The third kappa shape index (κ3) is 3.71. The number of hydrogen-bond donors (Lipinski definition) is 1. The molecular weight excluding hydrogens is 384 g/mol. The lowest BCUT2D eigenvalue weighted by molar-refractivity contribution is -0.384. The van der Waals surface area contributed by atoms with E-state index in [2.05, 4.69) is 5.32 Å². The van der Waals surface area contributed by atoms with E-state index < -0.39 is 22.4 Å². The van der Waals surface area contributed by atoms with Crippen molar-refractivity contribution in [2.75, 3.05) is 5.32 Å². The van der Waals surface area contributed by atoms with Crippen LogP contribution in [0.25, 0.3) is 0 Å². The van der Waals surface area contributed by atoms with Crippen LogP contribution in [0.5, 0.6) is 0 Å². The number of halogens is 1. The van der Waals surface area contributed by atoms with Crippen LogP contribution >= 0.6 is 11.6 Å². The quantitative estimate of drug-likeness (QED) is 0.461. The van der Waals surface area contributed by atoms with Gasteiger partial charge in [0.05, 0.1) is 21.2 Å². The van der Waals surface area contributed by atoms with E-state index in [1.165, 1.54) is 19.1 Å². The van der Waals surface area contributed by atoms with Crippen LogP contribution < -0.4 is 5.32 Å². The standard InChI is InChI=1S/C20H19ClN2O5/c1-11(2)12-4-6-15-13(8-12)10-20(3,28-18(15)24)19(25)22-17-7-5-14(23(26)27)9-16(17)21/h4-9,11H,10H2,1-3H3,(H,22,25). The first-order valence-corrected chi connectivity index (χ1v) is 9.10. The highest BCUT2D eigenvalue weighted by Gasteiger charge is 2.43. The van der Waals surface area contributed by atoms with Crippen LogP contribution in [-0.2, 0) is 16.0 Å².